The first kappa shape index (κ1) is 13.5. The number of carbonyl (C=O) groups excluding carboxylic acids is 2. The monoisotopic (exact) mass is 261 g/mol. The van der Waals surface area contributed by atoms with Gasteiger partial charge in [0.15, 0.2) is 0 Å². The summed E-state index contributed by atoms with van der Waals surface area (Å²) < 4.78 is 0. The smallest absolute Gasteiger partial charge is 0.242 e. The lowest BCUT2D eigenvalue weighted by Gasteiger charge is -2.26. The number of carbonyl (C=O) groups is 2. The Hall–Kier alpha value is -1.88. The van der Waals surface area contributed by atoms with Gasteiger partial charge in [0.05, 0.1) is 12.5 Å². The van der Waals surface area contributed by atoms with E-state index >= 15 is 0 Å². The largest absolute Gasteiger partial charge is 0.347 e. The van der Waals surface area contributed by atoms with Gasteiger partial charge in [-0.1, -0.05) is 30.3 Å². The summed E-state index contributed by atoms with van der Waals surface area (Å²) in [6, 6.07) is 9.78. The van der Waals surface area contributed by atoms with Crippen LogP contribution in [0.15, 0.2) is 30.3 Å². The molecule has 0 unspecified atom stereocenters. The Morgan fingerprint density at radius 1 is 1.32 bits per heavy atom. The normalized spacial score (nSPS) is 14.6. The van der Waals surface area contributed by atoms with Crippen molar-refractivity contribution in [1.82, 2.24) is 15.5 Å². The summed E-state index contributed by atoms with van der Waals surface area (Å²) in [4.78, 5) is 25.1. The SMILES string of the molecule is CN(Cc1ccccc1)C(=O)CNC(=O)C1CNC1. The highest BCUT2D eigenvalue weighted by Crippen LogP contribution is 2.04. The predicted octanol–water partition coefficient (Wildman–Crippen LogP) is -0.0194. The Morgan fingerprint density at radius 2 is 2.00 bits per heavy atom. The number of benzene rings is 1. The number of rotatable bonds is 5. The fraction of sp³-hybridized carbons (Fsp3) is 0.429. The summed E-state index contributed by atoms with van der Waals surface area (Å²) in [5, 5.41) is 5.71. The molecule has 102 valence electrons. The van der Waals surface area contributed by atoms with Crippen molar-refractivity contribution in [3.63, 3.8) is 0 Å². The average molecular weight is 261 g/mol. The van der Waals surface area contributed by atoms with Crippen molar-refractivity contribution in [3.8, 4) is 0 Å². The number of hydrogen-bond acceptors (Lipinski definition) is 3. The van der Waals surface area contributed by atoms with Gasteiger partial charge in [-0.05, 0) is 5.56 Å². The van der Waals surface area contributed by atoms with Crippen molar-refractivity contribution in [3.05, 3.63) is 35.9 Å². The van der Waals surface area contributed by atoms with Gasteiger partial charge < -0.3 is 15.5 Å². The summed E-state index contributed by atoms with van der Waals surface area (Å²) in [5.41, 5.74) is 1.08. The molecular weight excluding hydrogens is 242 g/mol. The van der Waals surface area contributed by atoms with Gasteiger partial charge in [-0.2, -0.15) is 0 Å². The molecule has 1 aromatic carbocycles. The van der Waals surface area contributed by atoms with E-state index in [1.54, 1.807) is 11.9 Å². The van der Waals surface area contributed by atoms with Gasteiger partial charge in [0, 0.05) is 26.7 Å². The molecule has 1 aliphatic heterocycles. The maximum atomic E-state index is 11.9. The molecule has 0 radical (unpaired) electrons. The molecule has 5 heteroatoms. The second-order valence-corrected chi connectivity index (χ2v) is 4.81. The van der Waals surface area contributed by atoms with Gasteiger partial charge >= 0.3 is 0 Å². The minimum atomic E-state index is -0.0792. The number of hydrogen-bond donors (Lipinski definition) is 2. The Labute approximate surface area is 113 Å². The molecule has 19 heavy (non-hydrogen) atoms. The minimum absolute atomic E-state index is 0.0206. The van der Waals surface area contributed by atoms with Crippen LogP contribution in [0.5, 0.6) is 0 Å². The van der Waals surface area contributed by atoms with Gasteiger partial charge in [-0.15, -0.1) is 0 Å². The highest BCUT2D eigenvalue weighted by atomic mass is 16.2. The fourth-order valence-electron chi connectivity index (χ4n) is 1.86. The van der Waals surface area contributed by atoms with Gasteiger partial charge in [-0.25, -0.2) is 0 Å². The second-order valence-electron chi connectivity index (χ2n) is 4.81. The molecule has 2 rings (SSSR count). The minimum Gasteiger partial charge on any atom is -0.347 e. The van der Waals surface area contributed by atoms with E-state index in [4.69, 9.17) is 0 Å². The molecule has 1 aromatic rings. The van der Waals surface area contributed by atoms with Crippen molar-refractivity contribution in [1.29, 1.82) is 0 Å². The summed E-state index contributed by atoms with van der Waals surface area (Å²) >= 11 is 0. The van der Waals surface area contributed by atoms with E-state index in [0.29, 0.717) is 19.6 Å². The maximum absolute atomic E-state index is 11.9. The van der Waals surface area contributed by atoms with Gasteiger partial charge in [0.1, 0.15) is 0 Å². The summed E-state index contributed by atoms with van der Waals surface area (Å²) in [7, 11) is 1.74. The van der Waals surface area contributed by atoms with Crippen LogP contribution in [0, 0.1) is 5.92 Å². The number of amides is 2. The molecule has 1 aliphatic rings. The maximum Gasteiger partial charge on any atom is 0.242 e. The number of likely N-dealkylation sites (N-methyl/N-ethyl adjacent to an activating group) is 1. The number of nitrogens with zero attached hydrogens (tertiary/aromatic N) is 1. The molecule has 2 N–H and O–H groups in total. The Kier molecular flexibility index (Phi) is 4.52. The molecule has 1 fully saturated rings. The van der Waals surface area contributed by atoms with E-state index < -0.39 is 0 Å². The summed E-state index contributed by atoms with van der Waals surface area (Å²) in [6.45, 7) is 2.04. The fourth-order valence-corrected chi connectivity index (χ4v) is 1.86. The lowest BCUT2D eigenvalue weighted by molar-refractivity contribution is -0.133. The third kappa shape index (κ3) is 3.79. The van der Waals surface area contributed by atoms with Crippen LogP contribution in [0.2, 0.25) is 0 Å². The van der Waals surface area contributed by atoms with Gasteiger partial charge in [0.25, 0.3) is 0 Å². The van der Waals surface area contributed by atoms with E-state index in [9.17, 15) is 9.59 Å². The van der Waals surface area contributed by atoms with Crippen LogP contribution in [0.3, 0.4) is 0 Å². The zero-order chi connectivity index (χ0) is 13.7. The predicted molar refractivity (Wildman–Crippen MR) is 72.3 cm³/mol. The van der Waals surface area contributed by atoms with Crippen molar-refractivity contribution in [2.24, 2.45) is 5.92 Å². The molecule has 1 heterocycles. The van der Waals surface area contributed by atoms with Crippen LogP contribution in [-0.4, -0.2) is 43.4 Å². The van der Waals surface area contributed by atoms with E-state index in [-0.39, 0.29) is 24.3 Å². The molecule has 0 atom stereocenters. The second kappa shape index (κ2) is 6.33. The molecule has 2 amide bonds. The van der Waals surface area contributed by atoms with Crippen LogP contribution >= 0.6 is 0 Å². The highest BCUT2D eigenvalue weighted by Gasteiger charge is 2.25. The summed E-state index contributed by atoms with van der Waals surface area (Å²) in [5.74, 6) is -0.100. The van der Waals surface area contributed by atoms with Crippen molar-refractivity contribution < 1.29 is 9.59 Å². The van der Waals surface area contributed by atoms with E-state index in [0.717, 1.165) is 5.56 Å². The van der Waals surface area contributed by atoms with E-state index in [1.807, 2.05) is 30.3 Å². The van der Waals surface area contributed by atoms with Crippen LogP contribution in [0.4, 0.5) is 0 Å². The molecule has 5 nitrogen and oxygen atoms in total. The molecule has 0 bridgehead atoms. The third-order valence-corrected chi connectivity index (χ3v) is 3.25. The van der Waals surface area contributed by atoms with Gasteiger partial charge in [0.2, 0.25) is 11.8 Å². The molecule has 0 spiro atoms. The Morgan fingerprint density at radius 3 is 2.58 bits per heavy atom. The molecule has 1 saturated heterocycles. The number of nitrogens with one attached hydrogen (secondary N) is 2. The lowest BCUT2D eigenvalue weighted by Crippen LogP contribution is -2.52. The van der Waals surface area contributed by atoms with Crippen LogP contribution < -0.4 is 10.6 Å². The average Bonchev–Trinajstić information content (AvgIpc) is 2.35. The quantitative estimate of drug-likeness (QED) is 0.783. The Balaban J connectivity index is 1.74. The summed E-state index contributed by atoms with van der Waals surface area (Å²) in [6.07, 6.45) is 0. The molecule has 0 aromatic heterocycles. The standard InChI is InChI=1S/C14H19N3O2/c1-17(10-11-5-3-2-4-6-11)13(18)9-16-14(19)12-7-15-8-12/h2-6,12,15H,7-10H2,1H3,(H,16,19). The van der Waals surface area contributed by atoms with E-state index in [2.05, 4.69) is 10.6 Å². The first-order valence-electron chi connectivity index (χ1n) is 6.43. The zero-order valence-electron chi connectivity index (χ0n) is 11.1. The first-order valence-corrected chi connectivity index (χ1v) is 6.43. The third-order valence-electron chi connectivity index (χ3n) is 3.25. The van der Waals surface area contributed by atoms with Crippen molar-refractivity contribution >= 4 is 11.8 Å². The van der Waals surface area contributed by atoms with Crippen LogP contribution in [-0.2, 0) is 16.1 Å². The molecule has 0 saturated carbocycles. The van der Waals surface area contributed by atoms with Crippen molar-refractivity contribution in [2.75, 3.05) is 26.7 Å². The highest BCUT2D eigenvalue weighted by molar-refractivity contribution is 5.86. The van der Waals surface area contributed by atoms with Crippen molar-refractivity contribution in [2.45, 2.75) is 6.54 Å². The van der Waals surface area contributed by atoms with E-state index in [1.165, 1.54) is 0 Å². The molecule has 0 aliphatic carbocycles. The lowest BCUT2D eigenvalue weighted by atomic mass is 10.0. The van der Waals surface area contributed by atoms with Gasteiger partial charge in [-0.3, -0.25) is 9.59 Å². The van der Waals surface area contributed by atoms with Crippen LogP contribution in [0.1, 0.15) is 5.56 Å². The first-order chi connectivity index (χ1) is 9.16. The Bertz CT molecular complexity index is 443. The zero-order valence-corrected chi connectivity index (χ0v) is 11.1. The van der Waals surface area contributed by atoms with Crippen LogP contribution in [0.25, 0.3) is 0 Å². The topological polar surface area (TPSA) is 61.4 Å². The molecular formula is C14H19N3O2.